The Morgan fingerprint density at radius 2 is 1.58 bits per heavy atom. The molecule has 2 aliphatic heterocycles. The molecule has 14 nitrogen and oxygen atoms in total. The molecule has 2 bridgehead atoms. The zero-order chi connectivity index (χ0) is 36.5. The summed E-state index contributed by atoms with van der Waals surface area (Å²) in [5.74, 6) is -6.60. The summed E-state index contributed by atoms with van der Waals surface area (Å²) in [5, 5.41) is 24.8. The number of epoxide rings is 1. The van der Waals surface area contributed by atoms with Gasteiger partial charge in [0.15, 0.2) is 18.0 Å². The maximum absolute atomic E-state index is 15.6. The zero-order valence-corrected chi connectivity index (χ0v) is 29.5. The van der Waals surface area contributed by atoms with Gasteiger partial charge in [-0.1, -0.05) is 34.6 Å². The average molecular weight is 703 g/mol. The van der Waals surface area contributed by atoms with E-state index in [4.69, 9.17) is 32.8 Å². The summed E-state index contributed by atoms with van der Waals surface area (Å²) in [7, 11) is 0. The number of ether oxygens (including phenoxy) is 6. The molecule has 0 aromatic carbocycles. The van der Waals surface area contributed by atoms with E-state index in [1.165, 1.54) is 13.2 Å². The second kappa shape index (κ2) is 11.1. The predicted octanol–water partition coefficient (Wildman–Crippen LogP) is 2.21. The molecule has 3 heterocycles. The van der Waals surface area contributed by atoms with Crippen molar-refractivity contribution in [1.29, 1.82) is 0 Å². The van der Waals surface area contributed by atoms with Gasteiger partial charge in [0, 0.05) is 43.4 Å². The molecule has 1 spiro atoms. The second-order valence-corrected chi connectivity index (χ2v) is 16.1. The second-order valence-electron chi connectivity index (χ2n) is 16.1. The van der Waals surface area contributed by atoms with Crippen LogP contribution in [-0.4, -0.2) is 95.0 Å². The molecule has 274 valence electrons. The molecule has 15 atom stereocenters. The largest absolute Gasteiger partial charge is 0.472 e. The number of aliphatic hydroxyl groups is 2. The molecule has 2 N–H and O–H groups in total. The number of carbonyl (C=O) groups excluding carboxylic acids is 5. The van der Waals surface area contributed by atoms with Gasteiger partial charge in [-0.3, -0.25) is 24.0 Å². The third-order valence-corrected chi connectivity index (χ3v) is 13.6. The van der Waals surface area contributed by atoms with Crippen LogP contribution < -0.4 is 0 Å². The van der Waals surface area contributed by atoms with Crippen molar-refractivity contribution in [3.8, 4) is 0 Å². The number of Topliss-reactive ketones (excluding diaryl/α,β-unsaturated/α-hetero) is 1. The van der Waals surface area contributed by atoms with Gasteiger partial charge in [-0.05, 0) is 30.4 Å². The van der Waals surface area contributed by atoms with Crippen molar-refractivity contribution in [3.05, 3.63) is 24.2 Å². The van der Waals surface area contributed by atoms with Crippen LogP contribution >= 0.6 is 0 Å². The molecule has 50 heavy (non-hydrogen) atoms. The van der Waals surface area contributed by atoms with Gasteiger partial charge in [0.1, 0.15) is 17.8 Å². The average Bonchev–Trinajstić information content (AvgIpc) is 3.39. The van der Waals surface area contributed by atoms with E-state index in [9.17, 15) is 29.4 Å². The Bertz CT molecular complexity index is 1620. The van der Waals surface area contributed by atoms with Crippen LogP contribution in [0.2, 0.25) is 0 Å². The van der Waals surface area contributed by atoms with E-state index in [1.807, 2.05) is 6.92 Å². The van der Waals surface area contributed by atoms with Crippen molar-refractivity contribution >= 4 is 29.7 Å². The van der Waals surface area contributed by atoms with Crippen molar-refractivity contribution < 1.29 is 67.0 Å². The first kappa shape index (κ1) is 35.1. The summed E-state index contributed by atoms with van der Waals surface area (Å²) < 4.78 is 42.1. The molecule has 1 aromatic rings. The van der Waals surface area contributed by atoms with Crippen LogP contribution in [0.1, 0.15) is 79.7 Å². The monoisotopic (exact) mass is 702 g/mol. The lowest BCUT2D eigenvalue weighted by atomic mass is 9.33. The summed E-state index contributed by atoms with van der Waals surface area (Å²) in [6, 6.07) is 1.80. The first-order chi connectivity index (χ1) is 23.3. The van der Waals surface area contributed by atoms with Crippen molar-refractivity contribution in [2.75, 3.05) is 6.61 Å². The summed E-state index contributed by atoms with van der Waals surface area (Å²) >= 11 is 0. The Labute approximate surface area is 289 Å². The fourth-order valence-corrected chi connectivity index (χ4v) is 11.7. The highest BCUT2D eigenvalue weighted by Crippen LogP contribution is 2.83. The van der Waals surface area contributed by atoms with E-state index in [1.54, 1.807) is 40.0 Å². The summed E-state index contributed by atoms with van der Waals surface area (Å²) in [6.07, 6.45) is -5.67. The van der Waals surface area contributed by atoms with Gasteiger partial charge in [-0.15, -0.1) is 0 Å². The molecule has 0 amide bonds. The fourth-order valence-electron chi connectivity index (χ4n) is 11.7. The van der Waals surface area contributed by atoms with E-state index in [2.05, 4.69) is 0 Å². The number of ketones is 1. The van der Waals surface area contributed by atoms with Crippen LogP contribution in [0.5, 0.6) is 0 Å². The number of rotatable bonds is 6. The van der Waals surface area contributed by atoms with Crippen molar-refractivity contribution in [2.45, 2.75) is 123 Å². The number of carbonyl (C=O) groups is 5. The normalized spacial score (nSPS) is 48.3. The van der Waals surface area contributed by atoms with Gasteiger partial charge in [-0.2, -0.15) is 0 Å². The highest BCUT2D eigenvalue weighted by molar-refractivity contribution is 5.93. The van der Waals surface area contributed by atoms with E-state index < -0.39 is 118 Å². The minimum absolute atomic E-state index is 0.0556. The standard InChI is InChI=1S/C36H46O14/c1-15(2)30(43)49-31-32(6)21-12-22(40)34(8)26(35(21,14-45-31)29(48-18(5)39)25(27(32)42)46-16(3)37)24(41)28(47-17(4)38)33(7)20(19-9-10-44-13-19)11-23-36(33,34)50-23/h9-10,13,15,20-23,25-29,31,40,42H,11-12,14H2,1-8H3. The fraction of sp³-hybridized carbons (Fsp3) is 0.750. The van der Waals surface area contributed by atoms with Gasteiger partial charge in [0.25, 0.3) is 0 Å². The molecule has 6 fully saturated rings. The van der Waals surface area contributed by atoms with E-state index in [0.29, 0.717) is 6.42 Å². The summed E-state index contributed by atoms with van der Waals surface area (Å²) in [6.45, 7) is 11.7. The lowest BCUT2D eigenvalue weighted by Crippen LogP contribution is -2.84. The topological polar surface area (TPSA) is 198 Å². The van der Waals surface area contributed by atoms with Gasteiger partial charge >= 0.3 is 23.9 Å². The first-order valence-electron chi connectivity index (χ1n) is 17.3. The Morgan fingerprint density at radius 3 is 2.16 bits per heavy atom. The Hall–Kier alpha value is -3.33. The van der Waals surface area contributed by atoms with Crippen LogP contribution in [0.25, 0.3) is 0 Å². The molecular weight excluding hydrogens is 656 g/mol. The molecule has 2 saturated heterocycles. The summed E-state index contributed by atoms with van der Waals surface area (Å²) in [4.78, 5) is 67.1. The van der Waals surface area contributed by atoms with Crippen LogP contribution in [-0.2, 0) is 52.4 Å². The molecule has 7 rings (SSSR count). The van der Waals surface area contributed by atoms with E-state index in [-0.39, 0.29) is 18.9 Å². The molecule has 15 unspecified atom stereocenters. The smallest absolute Gasteiger partial charge is 0.310 e. The molecule has 4 aliphatic carbocycles. The maximum Gasteiger partial charge on any atom is 0.310 e. The third kappa shape index (κ3) is 4.07. The number of fused-ring (bicyclic) bond motifs is 1. The van der Waals surface area contributed by atoms with Crippen LogP contribution in [0.15, 0.2) is 23.0 Å². The van der Waals surface area contributed by atoms with E-state index >= 15 is 4.79 Å². The molecule has 6 aliphatic rings. The molecule has 0 radical (unpaired) electrons. The molecular formula is C36H46O14. The third-order valence-electron chi connectivity index (χ3n) is 13.6. The number of hydrogen-bond donors (Lipinski definition) is 2. The highest BCUT2D eigenvalue weighted by Gasteiger charge is 2.93. The molecule has 14 heteroatoms. The molecule has 1 aromatic heterocycles. The van der Waals surface area contributed by atoms with Gasteiger partial charge in [0.05, 0.1) is 48.1 Å². The van der Waals surface area contributed by atoms with E-state index in [0.717, 1.165) is 19.4 Å². The predicted molar refractivity (Wildman–Crippen MR) is 166 cm³/mol. The zero-order valence-electron chi connectivity index (χ0n) is 29.5. The maximum atomic E-state index is 15.6. The van der Waals surface area contributed by atoms with Crippen LogP contribution in [0, 0.1) is 39.4 Å². The number of hydrogen-bond acceptors (Lipinski definition) is 14. The summed E-state index contributed by atoms with van der Waals surface area (Å²) in [5.41, 5.74) is -6.25. The quantitative estimate of drug-likeness (QED) is 0.249. The van der Waals surface area contributed by atoms with Crippen molar-refractivity contribution in [3.63, 3.8) is 0 Å². The van der Waals surface area contributed by atoms with Crippen LogP contribution in [0.4, 0.5) is 0 Å². The van der Waals surface area contributed by atoms with Crippen LogP contribution in [0.3, 0.4) is 0 Å². The number of aliphatic hydroxyl groups excluding tert-OH is 2. The molecule has 4 saturated carbocycles. The SMILES string of the molecule is CC(=O)OC1C(O)C2(C)C(OC(=O)C(C)C)OCC3(C1OC(C)=O)C2CC(O)C1(C)C3C(=O)C(OC(C)=O)C2(C)C(c3ccoc3)CC3OC321. The van der Waals surface area contributed by atoms with Gasteiger partial charge in [-0.25, -0.2) is 0 Å². The number of furan rings is 1. The Balaban J connectivity index is 1.48. The Morgan fingerprint density at radius 1 is 0.920 bits per heavy atom. The minimum atomic E-state index is -1.65. The minimum Gasteiger partial charge on any atom is -0.472 e. The highest BCUT2D eigenvalue weighted by atomic mass is 16.7. The number of esters is 4. The van der Waals surface area contributed by atoms with Gasteiger partial charge in [0.2, 0.25) is 6.29 Å². The lowest BCUT2D eigenvalue weighted by molar-refractivity contribution is -0.391. The van der Waals surface area contributed by atoms with Crippen molar-refractivity contribution in [2.24, 2.45) is 39.4 Å². The van der Waals surface area contributed by atoms with Crippen molar-refractivity contribution in [1.82, 2.24) is 0 Å². The van der Waals surface area contributed by atoms with Gasteiger partial charge < -0.3 is 43.1 Å². The lowest BCUT2D eigenvalue weighted by Gasteiger charge is -2.73. The first-order valence-corrected chi connectivity index (χ1v) is 17.3. The Kier molecular flexibility index (Phi) is 7.78.